The largest absolute Gasteiger partial charge is 0.326 e. The molecule has 2 N–H and O–H groups in total. The van der Waals surface area contributed by atoms with E-state index in [4.69, 9.17) is 5.73 Å². The Morgan fingerprint density at radius 3 is 2.69 bits per heavy atom. The summed E-state index contributed by atoms with van der Waals surface area (Å²) in [4.78, 5) is 0. The van der Waals surface area contributed by atoms with Gasteiger partial charge in [0.25, 0.3) is 0 Å². The van der Waals surface area contributed by atoms with E-state index in [0.29, 0.717) is 0 Å². The fourth-order valence-electron chi connectivity index (χ4n) is 1.66. The van der Waals surface area contributed by atoms with Crippen molar-refractivity contribution in [3.8, 4) is 11.3 Å². The Bertz CT molecular complexity index is 462. The summed E-state index contributed by atoms with van der Waals surface area (Å²) in [5.41, 5.74) is 8.03. The van der Waals surface area contributed by atoms with Gasteiger partial charge in [-0.25, -0.2) is 0 Å². The van der Waals surface area contributed by atoms with Gasteiger partial charge in [0.05, 0.1) is 22.9 Å². The summed E-state index contributed by atoms with van der Waals surface area (Å²) in [5, 5.41) is 4.32. The molecule has 0 amide bonds. The van der Waals surface area contributed by atoms with Gasteiger partial charge in [-0.05, 0) is 22.9 Å². The molecule has 0 spiro atoms. The average molecular weight is 280 g/mol. The van der Waals surface area contributed by atoms with Crippen molar-refractivity contribution in [2.24, 2.45) is 5.73 Å². The summed E-state index contributed by atoms with van der Waals surface area (Å²) in [6.07, 6.45) is 1.81. The van der Waals surface area contributed by atoms with Gasteiger partial charge in [-0.15, -0.1) is 0 Å². The maximum atomic E-state index is 5.80. The molecule has 0 aliphatic carbocycles. The number of hydrogen-bond donors (Lipinski definition) is 1. The summed E-state index contributed by atoms with van der Waals surface area (Å²) in [7, 11) is 0. The minimum atomic E-state index is 0.0919. The first kappa shape index (κ1) is 11.4. The Morgan fingerprint density at radius 1 is 1.38 bits per heavy atom. The summed E-state index contributed by atoms with van der Waals surface area (Å²) in [6.45, 7) is 2.69. The molecule has 0 aliphatic rings. The van der Waals surface area contributed by atoms with Crippen molar-refractivity contribution in [1.29, 1.82) is 0 Å². The zero-order valence-corrected chi connectivity index (χ0v) is 10.7. The second kappa shape index (κ2) is 4.80. The van der Waals surface area contributed by atoms with E-state index < -0.39 is 0 Å². The Labute approximate surface area is 103 Å². The molecule has 1 unspecified atom stereocenters. The third kappa shape index (κ3) is 2.33. The summed E-state index contributed by atoms with van der Waals surface area (Å²) in [5.74, 6) is 0. The van der Waals surface area contributed by atoms with Crippen molar-refractivity contribution in [1.82, 2.24) is 9.78 Å². The highest BCUT2D eigenvalue weighted by Gasteiger charge is 2.11. The molecule has 0 aliphatic heterocycles. The predicted molar refractivity (Wildman–Crippen MR) is 69.0 cm³/mol. The second-order valence-corrected chi connectivity index (χ2v) is 4.72. The van der Waals surface area contributed by atoms with Gasteiger partial charge < -0.3 is 5.73 Å². The maximum absolute atomic E-state index is 5.80. The summed E-state index contributed by atoms with van der Waals surface area (Å²) < 4.78 is 2.93. The van der Waals surface area contributed by atoms with Crippen molar-refractivity contribution < 1.29 is 0 Å². The topological polar surface area (TPSA) is 43.8 Å². The van der Waals surface area contributed by atoms with E-state index in [0.717, 1.165) is 22.3 Å². The van der Waals surface area contributed by atoms with Crippen LogP contribution in [0.15, 0.2) is 41.0 Å². The van der Waals surface area contributed by atoms with E-state index in [1.54, 1.807) is 0 Å². The molecule has 2 aromatic rings. The third-order valence-electron chi connectivity index (χ3n) is 2.30. The molecule has 16 heavy (non-hydrogen) atoms. The third-order valence-corrected chi connectivity index (χ3v) is 2.88. The SMILES string of the molecule is CC(N)Cn1ncc(Br)c1-c1ccccc1. The fraction of sp³-hybridized carbons (Fsp3) is 0.250. The number of benzene rings is 1. The van der Waals surface area contributed by atoms with Gasteiger partial charge in [-0.1, -0.05) is 30.3 Å². The average Bonchev–Trinajstić information content (AvgIpc) is 2.60. The molecule has 0 saturated carbocycles. The van der Waals surface area contributed by atoms with Crippen molar-refractivity contribution >= 4 is 15.9 Å². The lowest BCUT2D eigenvalue weighted by Crippen LogP contribution is -2.23. The monoisotopic (exact) mass is 279 g/mol. The van der Waals surface area contributed by atoms with Gasteiger partial charge >= 0.3 is 0 Å². The highest BCUT2D eigenvalue weighted by Crippen LogP contribution is 2.27. The van der Waals surface area contributed by atoms with Crippen LogP contribution >= 0.6 is 15.9 Å². The van der Waals surface area contributed by atoms with Crippen LogP contribution in [0.4, 0.5) is 0 Å². The summed E-state index contributed by atoms with van der Waals surface area (Å²) in [6, 6.07) is 10.3. The lowest BCUT2D eigenvalue weighted by molar-refractivity contribution is 0.543. The molecule has 1 heterocycles. The van der Waals surface area contributed by atoms with E-state index >= 15 is 0 Å². The number of nitrogens with zero attached hydrogens (tertiary/aromatic N) is 2. The zero-order chi connectivity index (χ0) is 11.5. The van der Waals surface area contributed by atoms with Crippen LogP contribution in [0.5, 0.6) is 0 Å². The first-order valence-corrected chi connectivity index (χ1v) is 6.00. The second-order valence-electron chi connectivity index (χ2n) is 3.87. The van der Waals surface area contributed by atoms with Crippen molar-refractivity contribution in [3.05, 3.63) is 41.0 Å². The van der Waals surface area contributed by atoms with Crippen LogP contribution in [0.25, 0.3) is 11.3 Å². The van der Waals surface area contributed by atoms with Gasteiger partial charge in [0.1, 0.15) is 0 Å². The zero-order valence-electron chi connectivity index (χ0n) is 9.10. The molecule has 0 fully saturated rings. The smallest absolute Gasteiger partial charge is 0.0825 e. The lowest BCUT2D eigenvalue weighted by Gasteiger charge is -2.10. The molecule has 1 aromatic carbocycles. The van der Waals surface area contributed by atoms with Crippen LogP contribution in [-0.2, 0) is 6.54 Å². The van der Waals surface area contributed by atoms with E-state index in [-0.39, 0.29) is 6.04 Å². The number of rotatable bonds is 3. The standard InChI is InChI=1S/C12H14BrN3/c1-9(14)8-16-12(11(13)7-15-16)10-5-3-2-4-6-10/h2-7,9H,8,14H2,1H3. The maximum Gasteiger partial charge on any atom is 0.0825 e. The van der Waals surface area contributed by atoms with Crippen molar-refractivity contribution in [2.75, 3.05) is 0 Å². The van der Waals surface area contributed by atoms with E-state index in [1.807, 2.05) is 36.0 Å². The fourth-order valence-corrected chi connectivity index (χ4v) is 2.18. The quantitative estimate of drug-likeness (QED) is 0.939. The molecule has 2 rings (SSSR count). The Morgan fingerprint density at radius 2 is 2.06 bits per heavy atom. The Hall–Kier alpha value is -1.13. The molecule has 0 radical (unpaired) electrons. The number of hydrogen-bond acceptors (Lipinski definition) is 2. The van der Waals surface area contributed by atoms with Gasteiger partial charge in [-0.3, -0.25) is 4.68 Å². The van der Waals surface area contributed by atoms with Gasteiger partial charge in [0, 0.05) is 11.6 Å². The van der Waals surface area contributed by atoms with Gasteiger partial charge in [0.2, 0.25) is 0 Å². The van der Waals surface area contributed by atoms with Crippen LogP contribution in [0.2, 0.25) is 0 Å². The van der Waals surface area contributed by atoms with Crippen LogP contribution in [-0.4, -0.2) is 15.8 Å². The van der Waals surface area contributed by atoms with E-state index in [1.165, 1.54) is 0 Å². The van der Waals surface area contributed by atoms with Crippen LogP contribution in [0.1, 0.15) is 6.92 Å². The Balaban J connectivity index is 2.43. The minimum absolute atomic E-state index is 0.0919. The predicted octanol–water partition coefficient (Wildman–Crippen LogP) is 2.66. The molecule has 1 atom stereocenters. The molecular weight excluding hydrogens is 266 g/mol. The number of nitrogens with two attached hydrogens (primary N) is 1. The van der Waals surface area contributed by atoms with E-state index in [9.17, 15) is 0 Å². The molecule has 0 bridgehead atoms. The van der Waals surface area contributed by atoms with Crippen molar-refractivity contribution in [3.63, 3.8) is 0 Å². The van der Waals surface area contributed by atoms with Crippen LogP contribution in [0, 0.1) is 0 Å². The molecular formula is C12H14BrN3. The molecule has 0 saturated heterocycles. The lowest BCUT2D eigenvalue weighted by atomic mass is 10.1. The molecule has 84 valence electrons. The van der Waals surface area contributed by atoms with Crippen molar-refractivity contribution in [2.45, 2.75) is 19.5 Å². The normalized spacial score (nSPS) is 12.7. The molecule has 1 aromatic heterocycles. The first-order valence-electron chi connectivity index (χ1n) is 5.21. The number of aromatic nitrogens is 2. The first-order chi connectivity index (χ1) is 7.68. The highest BCUT2D eigenvalue weighted by molar-refractivity contribution is 9.10. The summed E-state index contributed by atoms with van der Waals surface area (Å²) >= 11 is 3.52. The highest BCUT2D eigenvalue weighted by atomic mass is 79.9. The van der Waals surface area contributed by atoms with Crippen LogP contribution < -0.4 is 5.73 Å². The number of halogens is 1. The molecule has 3 nitrogen and oxygen atoms in total. The Kier molecular flexibility index (Phi) is 3.41. The van der Waals surface area contributed by atoms with Gasteiger partial charge in [-0.2, -0.15) is 5.10 Å². The molecule has 4 heteroatoms. The van der Waals surface area contributed by atoms with E-state index in [2.05, 4.69) is 33.2 Å². The van der Waals surface area contributed by atoms with Crippen LogP contribution in [0.3, 0.4) is 0 Å². The minimum Gasteiger partial charge on any atom is -0.326 e. The van der Waals surface area contributed by atoms with Gasteiger partial charge in [0.15, 0.2) is 0 Å².